The second kappa shape index (κ2) is 7.28. The van der Waals surface area contributed by atoms with Gasteiger partial charge in [0.1, 0.15) is 0 Å². The van der Waals surface area contributed by atoms with Gasteiger partial charge in [-0.25, -0.2) is 4.68 Å². The lowest BCUT2D eigenvalue weighted by Gasteiger charge is -2.57. The first-order chi connectivity index (χ1) is 17.3. The Morgan fingerprint density at radius 3 is 2.61 bits per heavy atom. The molecule has 1 spiro atoms. The third-order valence-corrected chi connectivity index (χ3v) is 9.15. The number of alkyl halides is 3. The van der Waals surface area contributed by atoms with E-state index in [-0.39, 0.29) is 11.5 Å². The van der Waals surface area contributed by atoms with E-state index in [1.807, 2.05) is 10.7 Å². The van der Waals surface area contributed by atoms with Gasteiger partial charge in [0.15, 0.2) is 17.6 Å². The van der Waals surface area contributed by atoms with Crippen molar-refractivity contribution < 1.29 is 22.6 Å². The summed E-state index contributed by atoms with van der Waals surface area (Å²) < 4.78 is 54.2. The predicted octanol–water partition coefficient (Wildman–Crippen LogP) is 5.27. The van der Waals surface area contributed by atoms with Crippen molar-refractivity contribution in [3.05, 3.63) is 70.0 Å². The maximum atomic E-state index is 13.3. The Morgan fingerprint density at radius 1 is 1.14 bits per heavy atom. The van der Waals surface area contributed by atoms with Gasteiger partial charge in [-0.3, -0.25) is 0 Å². The average Bonchev–Trinajstić information content (AvgIpc) is 3.40. The molecule has 0 unspecified atom stereocenters. The van der Waals surface area contributed by atoms with Gasteiger partial charge in [0.2, 0.25) is 0 Å². The van der Waals surface area contributed by atoms with Gasteiger partial charge >= 0.3 is 6.18 Å². The van der Waals surface area contributed by atoms with Gasteiger partial charge < -0.3 is 14.4 Å². The fraction of sp³-hybridized carbons (Fsp3) is 0.464. The van der Waals surface area contributed by atoms with E-state index in [0.29, 0.717) is 17.6 Å². The quantitative estimate of drug-likeness (QED) is 0.497. The second-order valence-corrected chi connectivity index (χ2v) is 10.6. The molecule has 4 aliphatic rings. The fourth-order valence-electron chi connectivity index (χ4n) is 7.55. The zero-order valence-corrected chi connectivity index (χ0v) is 20.5. The van der Waals surface area contributed by atoms with E-state index >= 15 is 0 Å². The molecule has 2 aliphatic heterocycles. The molecule has 5 nitrogen and oxygen atoms in total. The molecule has 3 heterocycles. The van der Waals surface area contributed by atoms with E-state index in [4.69, 9.17) is 14.6 Å². The Balaban J connectivity index is 1.46. The van der Waals surface area contributed by atoms with Crippen molar-refractivity contribution >= 4 is 0 Å². The molecular weight excluding hydrogens is 467 g/mol. The number of halogens is 3. The van der Waals surface area contributed by atoms with Crippen molar-refractivity contribution in [2.75, 3.05) is 20.7 Å². The van der Waals surface area contributed by atoms with Crippen LogP contribution in [0.2, 0.25) is 0 Å². The zero-order valence-electron chi connectivity index (χ0n) is 20.5. The number of benzene rings is 2. The molecule has 1 fully saturated rings. The number of aryl methyl sites for hydroxylation is 1. The molecule has 3 aromatic rings. The highest BCUT2D eigenvalue weighted by Gasteiger charge is 2.65. The summed E-state index contributed by atoms with van der Waals surface area (Å²) in [5, 5.41) is 4.96. The minimum atomic E-state index is -4.38. The lowest BCUT2D eigenvalue weighted by Crippen LogP contribution is -2.62. The lowest BCUT2D eigenvalue weighted by atomic mass is 9.51. The van der Waals surface area contributed by atoms with Crippen LogP contribution in [0.3, 0.4) is 0 Å². The number of piperidine rings is 1. The molecule has 0 N–H and O–H groups in total. The van der Waals surface area contributed by atoms with E-state index in [1.54, 1.807) is 7.11 Å². The summed E-state index contributed by atoms with van der Waals surface area (Å²) in [6.45, 7) is 3.06. The molecular formula is C28H28F3N3O2. The van der Waals surface area contributed by atoms with E-state index in [1.165, 1.54) is 28.8 Å². The van der Waals surface area contributed by atoms with Gasteiger partial charge in [-0.2, -0.15) is 18.3 Å². The maximum Gasteiger partial charge on any atom is 0.416 e. The maximum absolute atomic E-state index is 13.3. The van der Waals surface area contributed by atoms with Gasteiger partial charge in [0, 0.05) is 22.6 Å². The summed E-state index contributed by atoms with van der Waals surface area (Å²) in [4.78, 5) is 2.50. The lowest BCUT2D eigenvalue weighted by molar-refractivity contribution is -0.137. The van der Waals surface area contributed by atoms with Gasteiger partial charge in [-0.15, -0.1) is 0 Å². The number of rotatable bonds is 3. The van der Waals surface area contributed by atoms with Crippen molar-refractivity contribution in [3.8, 4) is 17.2 Å². The van der Waals surface area contributed by atoms with Gasteiger partial charge in [-0.05, 0) is 81.1 Å². The Labute approximate surface area is 207 Å². The molecule has 188 valence electrons. The monoisotopic (exact) mass is 495 g/mol. The number of nitrogens with zero attached hydrogens (tertiary/aromatic N) is 3. The Bertz CT molecular complexity index is 1380. The van der Waals surface area contributed by atoms with Gasteiger partial charge in [-0.1, -0.05) is 13.0 Å². The smallest absolute Gasteiger partial charge is 0.416 e. The highest BCUT2D eigenvalue weighted by atomic mass is 19.4. The first-order valence-corrected chi connectivity index (χ1v) is 12.6. The Hall–Kier alpha value is -3.00. The summed E-state index contributed by atoms with van der Waals surface area (Å²) >= 11 is 0. The molecule has 2 bridgehead atoms. The SMILES string of the molecule is CCc1nn(-c2ccc(C(F)(F)F)cc2)c2c1C[C@H]1[C@H]3Cc4ccc(OC)c5c4[C@@]1(CCN3C)[C@H]2O5. The van der Waals surface area contributed by atoms with Crippen LogP contribution >= 0.6 is 0 Å². The number of fused-ring (bicyclic) bond motifs is 2. The third-order valence-electron chi connectivity index (χ3n) is 9.15. The minimum absolute atomic E-state index is 0.198. The van der Waals surface area contributed by atoms with Crippen LogP contribution in [0.15, 0.2) is 36.4 Å². The predicted molar refractivity (Wildman–Crippen MR) is 128 cm³/mol. The number of likely N-dealkylation sites (N-methyl/N-ethyl adjacent to an activating group) is 1. The molecule has 2 aliphatic carbocycles. The van der Waals surface area contributed by atoms with Crippen molar-refractivity contribution in [2.24, 2.45) is 5.92 Å². The molecule has 7 rings (SSSR count). The Kier molecular flexibility index (Phi) is 4.49. The first kappa shape index (κ1) is 22.2. The molecule has 1 saturated heterocycles. The topological polar surface area (TPSA) is 39.5 Å². The van der Waals surface area contributed by atoms with Crippen LogP contribution in [0, 0.1) is 5.92 Å². The van der Waals surface area contributed by atoms with Crippen LogP contribution in [0.4, 0.5) is 13.2 Å². The molecule has 36 heavy (non-hydrogen) atoms. The van der Waals surface area contributed by atoms with Crippen LogP contribution in [0.1, 0.15) is 53.1 Å². The largest absolute Gasteiger partial charge is 0.493 e. The van der Waals surface area contributed by atoms with Crippen molar-refractivity contribution in [2.45, 2.75) is 56.3 Å². The number of ether oxygens (including phenoxy) is 2. The summed E-state index contributed by atoms with van der Waals surface area (Å²) in [6.07, 6.45) is -1.05. The van der Waals surface area contributed by atoms with Gasteiger partial charge in [0.05, 0.1) is 29.7 Å². The van der Waals surface area contributed by atoms with Crippen LogP contribution in [-0.4, -0.2) is 41.4 Å². The van der Waals surface area contributed by atoms with E-state index in [0.717, 1.165) is 67.2 Å². The molecule has 0 amide bonds. The normalized spacial score (nSPS) is 27.9. The van der Waals surface area contributed by atoms with E-state index in [2.05, 4.69) is 24.9 Å². The van der Waals surface area contributed by atoms with Crippen LogP contribution < -0.4 is 9.47 Å². The van der Waals surface area contributed by atoms with Crippen LogP contribution in [-0.2, 0) is 30.9 Å². The standard InChI is InChI=1S/C28H28F3N3O2/c1-4-20-18-14-19-21-13-15-5-10-22(35-3)25-23(15)27(19,11-12-33(21)2)26(36-25)24(18)34(32-20)17-8-6-16(7-9-17)28(29,30)31/h5-10,19,21,26H,4,11-14H2,1-3H3/t19-,21+,26-,27-/m0/s1. The summed E-state index contributed by atoms with van der Waals surface area (Å²) in [5.41, 5.74) is 5.54. The Morgan fingerprint density at radius 2 is 1.92 bits per heavy atom. The number of hydrogen-bond acceptors (Lipinski definition) is 4. The minimum Gasteiger partial charge on any atom is -0.493 e. The van der Waals surface area contributed by atoms with Gasteiger partial charge in [0.25, 0.3) is 0 Å². The third kappa shape index (κ3) is 2.68. The second-order valence-electron chi connectivity index (χ2n) is 10.6. The summed E-state index contributed by atoms with van der Waals surface area (Å²) in [5.74, 6) is 1.95. The van der Waals surface area contributed by atoms with Crippen LogP contribution in [0.25, 0.3) is 5.69 Å². The van der Waals surface area contributed by atoms with Crippen molar-refractivity contribution in [1.82, 2.24) is 14.7 Å². The highest BCUT2D eigenvalue weighted by Crippen LogP contribution is 2.67. The van der Waals surface area contributed by atoms with Crippen molar-refractivity contribution in [1.29, 1.82) is 0 Å². The van der Waals surface area contributed by atoms with Crippen LogP contribution in [0.5, 0.6) is 11.5 Å². The molecule has 2 aromatic carbocycles. The average molecular weight is 496 g/mol. The van der Waals surface area contributed by atoms with E-state index < -0.39 is 11.7 Å². The summed E-state index contributed by atoms with van der Waals surface area (Å²) in [7, 11) is 3.89. The number of hydrogen-bond donors (Lipinski definition) is 0. The highest BCUT2D eigenvalue weighted by molar-refractivity contribution is 5.63. The number of likely N-dealkylation sites (tertiary alicyclic amines) is 1. The number of methoxy groups -OCH3 is 1. The first-order valence-electron chi connectivity index (χ1n) is 12.6. The fourth-order valence-corrected chi connectivity index (χ4v) is 7.55. The molecule has 0 radical (unpaired) electrons. The molecule has 0 saturated carbocycles. The molecule has 1 aromatic heterocycles. The van der Waals surface area contributed by atoms with E-state index in [9.17, 15) is 13.2 Å². The molecule has 8 heteroatoms. The van der Waals surface area contributed by atoms with Crippen molar-refractivity contribution in [3.63, 3.8) is 0 Å². The summed E-state index contributed by atoms with van der Waals surface area (Å²) in [6, 6.07) is 9.91. The zero-order chi connectivity index (χ0) is 25.0. The molecule has 4 atom stereocenters. The number of aromatic nitrogens is 2.